The fourth-order valence-corrected chi connectivity index (χ4v) is 3.21. The molecule has 0 saturated carbocycles. The number of amides is 1. The van der Waals surface area contributed by atoms with Crippen LogP contribution in [0.5, 0.6) is 5.75 Å². The Morgan fingerprint density at radius 3 is 2.63 bits per heavy atom. The SMILES string of the molecule is Cc1ccc2nc(-c3cc(NC(=S)NC(=O)c4ccc(Cl)cc4)ccc3O)oc2c1. The first kappa shape index (κ1) is 19.9. The molecule has 0 bridgehead atoms. The summed E-state index contributed by atoms with van der Waals surface area (Å²) in [5, 5.41) is 16.5. The standard InChI is InChI=1S/C22H16ClN3O3S/c1-12-2-8-17-19(10-12)29-21(25-17)16-11-15(7-9-18(16)27)24-22(30)26-20(28)13-3-5-14(23)6-4-13/h2-11,27H,1H3,(H2,24,26,28,30). The van der Waals surface area contributed by atoms with Crippen molar-refractivity contribution < 1.29 is 14.3 Å². The zero-order valence-corrected chi connectivity index (χ0v) is 17.3. The molecule has 4 rings (SSSR count). The number of nitrogens with one attached hydrogen (secondary N) is 2. The van der Waals surface area contributed by atoms with Crippen LogP contribution in [0.15, 0.2) is 65.1 Å². The second kappa shape index (κ2) is 8.14. The molecule has 0 radical (unpaired) electrons. The molecule has 1 heterocycles. The van der Waals surface area contributed by atoms with Gasteiger partial charge < -0.3 is 14.8 Å². The van der Waals surface area contributed by atoms with Crippen molar-refractivity contribution in [2.45, 2.75) is 6.92 Å². The first-order valence-corrected chi connectivity index (χ1v) is 9.76. The van der Waals surface area contributed by atoms with Crippen molar-refractivity contribution in [1.29, 1.82) is 0 Å². The summed E-state index contributed by atoms with van der Waals surface area (Å²) in [4.78, 5) is 16.7. The number of oxazole rings is 1. The van der Waals surface area contributed by atoms with E-state index < -0.39 is 0 Å². The number of rotatable bonds is 3. The predicted octanol–water partition coefficient (Wildman–Crippen LogP) is 5.29. The summed E-state index contributed by atoms with van der Waals surface area (Å²) in [6, 6.07) is 16.9. The lowest BCUT2D eigenvalue weighted by Crippen LogP contribution is -2.34. The van der Waals surface area contributed by atoms with Crippen LogP contribution >= 0.6 is 23.8 Å². The largest absolute Gasteiger partial charge is 0.507 e. The maximum atomic E-state index is 12.3. The lowest BCUT2D eigenvalue weighted by atomic mass is 10.1. The van der Waals surface area contributed by atoms with E-state index in [1.165, 1.54) is 6.07 Å². The molecule has 0 saturated heterocycles. The maximum Gasteiger partial charge on any atom is 0.257 e. The number of anilines is 1. The molecule has 8 heteroatoms. The van der Waals surface area contributed by atoms with Gasteiger partial charge in [0, 0.05) is 16.3 Å². The van der Waals surface area contributed by atoms with E-state index in [2.05, 4.69) is 15.6 Å². The van der Waals surface area contributed by atoms with Crippen LogP contribution in [0.4, 0.5) is 5.69 Å². The van der Waals surface area contributed by atoms with E-state index in [4.69, 9.17) is 28.2 Å². The number of halogens is 1. The van der Waals surface area contributed by atoms with Crippen molar-refractivity contribution in [3.63, 3.8) is 0 Å². The molecule has 150 valence electrons. The van der Waals surface area contributed by atoms with Crippen molar-refractivity contribution in [2.75, 3.05) is 5.32 Å². The molecule has 0 atom stereocenters. The first-order valence-electron chi connectivity index (χ1n) is 8.97. The Labute approximate surface area is 182 Å². The highest BCUT2D eigenvalue weighted by molar-refractivity contribution is 7.80. The van der Waals surface area contributed by atoms with Crippen LogP contribution in [0, 0.1) is 6.92 Å². The minimum absolute atomic E-state index is 0.0138. The van der Waals surface area contributed by atoms with Gasteiger partial charge in [-0.3, -0.25) is 10.1 Å². The molecule has 30 heavy (non-hydrogen) atoms. The van der Waals surface area contributed by atoms with E-state index in [1.807, 2.05) is 25.1 Å². The molecule has 3 aromatic carbocycles. The summed E-state index contributed by atoms with van der Waals surface area (Å²) >= 11 is 11.1. The van der Waals surface area contributed by atoms with E-state index in [0.717, 1.165) is 5.56 Å². The van der Waals surface area contributed by atoms with Gasteiger partial charge in [0.15, 0.2) is 10.7 Å². The summed E-state index contributed by atoms with van der Waals surface area (Å²) < 4.78 is 5.80. The van der Waals surface area contributed by atoms with Crippen molar-refractivity contribution in [2.24, 2.45) is 0 Å². The molecule has 4 aromatic rings. The number of fused-ring (bicyclic) bond motifs is 1. The Morgan fingerprint density at radius 1 is 1.10 bits per heavy atom. The number of aromatic nitrogens is 1. The van der Waals surface area contributed by atoms with Gasteiger partial charge in [-0.15, -0.1) is 0 Å². The van der Waals surface area contributed by atoms with E-state index in [9.17, 15) is 9.90 Å². The van der Waals surface area contributed by atoms with Gasteiger partial charge in [0.05, 0.1) is 5.56 Å². The fraction of sp³-hybridized carbons (Fsp3) is 0.0455. The van der Waals surface area contributed by atoms with Gasteiger partial charge in [0.2, 0.25) is 5.89 Å². The number of benzene rings is 3. The molecule has 0 spiro atoms. The molecule has 0 aliphatic rings. The third kappa shape index (κ3) is 4.27. The highest BCUT2D eigenvalue weighted by atomic mass is 35.5. The Morgan fingerprint density at radius 2 is 1.87 bits per heavy atom. The van der Waals surface area contributed by atoms with Crippen molar-refractivity contribution >= 4 is 51.6 Å². The van der Waals surface area contributed by atoms with E-state index in [1.54, 1.807) is 36.4 Å². The smallest absolute Gasteiger partial charge is 0.257 e. The lowest BCUT2D eigenvalue weighted by Gasteiger charge is -2.11. The number of phenols is 1. The molecular weight excluding hydrogens is 422 g/mol. The lowest BCUT2D eigenvalue weighted by molar-refractivity contribution is 0.0977. The Balaban J connectivity index is 1.53. The molecule has 0 aliphatic heterocycles. The third-order valence-electron chi connectivity index (χ3n) is 4.36. The minimum atomic E-state index is -0.363. The summed E-state index contributed by atoms with van der Waals surface area (Å²) in [5.74, 6) is -0.0645. The topological polar surface area (TPSA) is 87.4 Å². The third-order valence-corrected chi connectivity index (χ3v) is 4.82. The zero-order valence-electron chi connectivity index (χ0n) is 15.8. The molecule has 0 unspecified atom stereocenters. The summed E-state index contributed by atoms with van der Waals surface area (Å²) in [6.45, 7) is 1.96. The van der Waals surface area contributed by atoms with Gasteiger partial charge in [-0.25, -0.2) is 4.98 Å². The van der Waals surface area contributed by atoms with Gasteiger partial charge >= 0.3 is 0 Å². The van der Waals surface area contributed by atoms with Gasteiger partial charge in [-0.05, 0) is 79.3 Å². The summed E-state index contributed by atoms with van der Waals surface area (Å²) in [7, 11) is 0. The molecular formula is C22H16ClN3O3S. The number of aromatic hydroxyl groups is 1. The Kier molecular flexibility index (Phi) is 5.39. The molecule has 1 amide bonds. The molecule has 6 nitrogen and oxygen atoms in total. The highest BCUT2D eigenvalue weighted by Gasteiger charge is 2.14. The minimum Gasteiger partial charge on any atom is -0.507 e. The quantitative estimate of drug-likeness (QED) is 0.298. The second-order valence-electron chi connectivity index (χ2n) is 6.64. The molecule has 0 fully saturated rings. The fourth-order valence-electron chi connectivity index (χ4n) is 2.87. The first-order chi connectivity index (χ1) is 14.4. The maximum absolute atomic E-state index is 12.3. The van der Waals surface area contributed by atoms with Gasteiger partial charge in [0.25, 0.3) is 5.91 Å². The number of carbonyl (C=O) groups is 1. The van der Waals surface area contributed by atoms with Crippen LogP contribution in [-0.2, 0) is 0 Å². The predicted molar refractivity (Wildman–Crippen MR) is 121 cm³/mol. The van der Waals surface area contributed by atoms with Crippen molar-refractivity contribution in [3.05, 3.63) is 76.8 Å². The van der Waals surface area contributed by atoms with Crippen LogP contribution in [-0.4, -0.2) is 21.1 Å². The number of carbonyl (C=O) groups excluding carboxylic acids is 1. The van der Waals surface area contributed by atoms with E-state index in [-0.39, 0.29) is 22.7 Å². The van der Waals surface area contributed by atoms with Crippen LogP contribution < -0.4 is 10.6 Å². The second-order valence-corrected chi connectivity index (χ2v) is 7.48. The van der Waals surface area contributed by atoms with Crippen LogP contribution in [0.3, 0.4) is 0 Å². The average molecular weight is 438 g/mol. The highest BCUT2D eigenvalue weighted by Crippen LogP contribution is 2.33. The summed E-state index contributed by atoms with van der Waals surface area (Å²) in [6.07, 6.45) is 0. The number of hydrogen-bond acceptors (Lipinski definition) is 5. The van der Waals surface area contributed by atoms with Gasteiger partial charge in [-0.2, -0.15) is 0 Å². The normalized spacial score (nSPS) is 10.7. The van der Waals surface area contributed by atoms with E-state index >= 15 is 0 Å². The van der Waals surface area contributed by atoms with Crippen LogP contribution in [0.1, 0.15) is 15.9 Å². The number of nitrogens with zero attached hydrogens (tertiary/aromatic N) is 1. The number of aryl methyl sites for hydroxylation is 1. The molecule has 0 aliphatic carbocycles. The van der Waals surface area contributed by atoms with Gasteiger partial charge in [0.1, 0.15) is 11.3 Å². The Bertz CT molecular complexity index is 1270. The molecule has 1 aromatic heterocycles. The Hall–Kier alpha value is -3.42. The number of hydrogen-bond donors (Lipinski definition) is 3. The number of thiocarbonyl (C=S) groups is 1. The van der Waals surface area contributed by atoms with Crippen molar-refractivity contribution in [1.82, 2.24) is 10.3 Å². The van der Waals surface area contributed by atoms with Crippen LogP contribution in [0.2, 0.25) is 5.02 Å². The average Bonchev–Trinajstić information content (AvgIpc) is 3.12. The monoisotopic (exact) mass is 437 g/mol. The van der Waals surface area contributed by atoms with Gasteiger partial charge in [-0.1, -0.05) is 17.7 Å². The van der Waals surface area contributed by atoms with Crippen molar-refractivity contribution in [3.8, 4) is 17.2 Å². The zero-order chi connectivity index (χ0) is 21.3. The molecule has 3 N–H and O–H groups in total. The summed E-state index contributed by atoms with van der Waals surface area (Å²) in [5.41, 5.74) is 3.76. The van der Waals surface area contributed by atoms with E-state index in [0.29, 0.717) is 32.9 Å². The van der Waals surface area contributed by atoms with Crippen LogP contribution in [0.25, 0.3) is 22.6 Å². The number of phenolic OH excluding ortho intramolecular Hbond substituents is 1.